The van der Waals surface area contributed by atoms with E-state index in [2.05, 4.69) is 11.8 Å². The Bertz CT molecular complexity index is 185. The van der Waals surface area contributed by atoms with Crippen molar-refractivity contribution in [2.75, 3.05) is 6.61 Å². The standard InChI is InChI=1S/C18H38O3/c1-2-3-4-12-15-18(19)16-13-10-8-6-5-7-9-11-14-17-21-20/h18-20H,2-17H2,1H3. The molecule has 2 N–H and O–H groups in total. The van der Waals surface area contributed by atoms with Gasteiger partial charge in [-0.15, -0.1) is 0 Å². The van der Waals surface area contributed by atoms with Crippen molar-refractivity contribution in [3.05, 3.63) is 0 Å². The lowest BCUT2D eigenvalue weighted by molar-refractivity contribution is -0.242. The molecular formula is C18H38O3. The predicted octanol–water partition coefficient (Wildman–Crippen LogP) is 5.71. The second kappa shape index (κ2) is 17.9. The van der Waals surface area contributed by atoms with E-state index in [1.54, 1.807) is 0 Å². The highest BCUT2D eigenvalue weighted by molar-refractivity contribution is 4.57. The first-order chi connectivity index (χ1) is 10.3. The van der Waals surface area contributed by atoms with Crippen LogP contribution in [0.4, 0.5) is 0 Å². The fourth-order valence-corrected chi connectivity index (χ4v) is 2.74. The summed E-state index contributed by atoms with van der Waals surface area (Å²) in [7, 11) is 0. The monoisotopic (exact) mass is 302 g/mol. The van der Waals surface area contributed by atoms with Crippen LogP contribution in [0.15, 0.2) is 0 Å². The van der Waals surface area contributed by atoms with Gasteiger partial charge in [-0.05, 0) is 19.3 Å². The third-order valence-electron chi connectivity index (χ3n) is 4.16. The molecule has 0 aliphatic rings. The number of rotatable bonds is 17. The topological polar surface area (TPSA) is 49.7 Å². The van der Waals surface area contributed by atoms with Crippen LogP contribution in [0.5, 0.6) is 0 Å². The third-order valence-corrected chi connectivity index (χ3v) is 4.16. The molecule has 0 heterocycles. The first-order valence-electron chi connectivity index (χ1n) is 9.25. The molecule has 3 nitrogen and oxygen atoms in total. The molecule has 0 aliphatic heterocycles. The Labute approximate surface area is 132 Å². The second-order valence-electron chi connectivity index (χ2n) is 6.31. The Morgan fingerprint density at radius 1 is 0.667 bits per heavy atom. The minimum Gasteiger partial charge on any atom is -0.393 e. The van der Waals surface area contributed by atoms with Crippen molar-refractivity contribution < 1.29 is 15.3 Å². The van der Waals surface area contributed by atoms with Gasteiger partial charge in [-0.2, -0.15) is 0 Å². The molecular weight excluding hydrogens is 264 g/mol. The van der Waals surface area contributed by atoms with E-state index in [1.807, 2.05) is 0 Å². The first kappa shape index (κ1) is 20.9. The van der Waals surface area contributed by atoms with Gasteiger partial charge in [0.05, 0.1) is 12.7 Å². The van der Waals surface area contributed by atoms with Crippen molar-refractivity contribution in [3.8, 4) is 0 Å². The van der Waals surface area contributed by atoms with Crippen LogP contribution >= 0.6 is 0 Å². The minimum absolute atomic E-state index is 0.0596. The number of hydrogen-bond donors (Lipinski definition) is 2. The van der Waals surface area contributed by atoms with Crippen LogP contribution in [0.1, 0.15) is 103 Å². The van der Waals surface area contributed by atoms with Gasteiger partial charge in [0.1, 0.15) is 0 Å². The molecule has 1 atom stereocenters. The largest absolute Gasteiger partial charge is 0.393 e. The predicted molar refractivity (Wildman–Crippen MR) is 89.5 cm³/mol. The summed E-state index contributed by atoms with van der Waals surface area (Å²) in [6, 6.07) is 0. The lowest BCUT2D eigenvalue weighted by atomic mass is 10.0. The Balaban J connectivity index is 3.07. The molecule has 1 unspecified atom stereocenters. The Kier molecular flexibility index (Phi) is 17.8. The van der Waals surface area contributed by atoms with E-state index < -0.39 is 0 Å². The third kappa shape index (κ3) is 17.8. The fraction of sp³-hybridized carbons (Fsp3) is 1.00. The highest BCUT2D eigenvalue weighted by Crippen LogP contribution is 2.14. The zero-order chi connectivity index (χ0) is 15.6. The maximum absolute atomic E-state index is 9.86. The van der Waals surface area contributed by atoms with Gasteiger partial charge >= 0.3 is 0 Å². The van der Waals surface area contributed by atoms with Crippen molar-refractivity contribution in [2.45, 2.75) is 109 Å². The summed E-state index contributed by atoms with van der Waals surface area (Å²) in [6.45, 7) is 2.70. The lowest BCUT2D eigenvalue weighted by Gasteiger charge is -2.10. The van der Waals surface area contributed by atoms with Gasteiger partial charge < -0.3 is 5.11 Å². The zero-order valence-corrected chi connectivity index (χ0v) is 14.2. The summed E-state index contributed by atoms with van der Waals surface area (Å²) >= 11 is 0. The number of aliphatic hydroxyl groups is 1. The molecule has 0 amide bonds. The SMILES string of the molecule is CCCCCCC(O)CCCCCCCCCCCOO. The summed E-state index contributed by atoms with van der Waals surface area (Å²) in [5.74, 6) is 0. The van der Waals surface area contributed by atoms with Crippen LogP contribution < -0.4 is 0 Å². The zero-order valence-electron chi connectivity index (χ0n) is 14.2. The van der Waals surface area contributed by atoms with E-state index in [4.69, 9.17) is 5.26 Å². The average molecular weight is 302 g/mol. The molecule has 128 valence electrons. The normalized spacial score (nSPS) is 12.7. The summed E-state index contributed by atoms with van der Waals surface area (Å²) in [4.78, 5) is 4.05. The van der Waals surface area contributed by atoms with Gasteiger partial charge in [0.15, 0.2) is 0 Å². The molecule has 21 heavy (non-hydrogen) atoms. The Morgan fingerprint density at radius 2 is 1.10 bits per heavy atom. The summed E-state index contributed by atoms with van der Waals surface area (Å²) in [5, 5.41) is 18.0. The van der Waals surface area contributed by atoms with E-state index >= 15 is 0 Å². The molecule has 0 radical (unpaired) electrons. The van der Waals surface area contributed by atoms with Crippen molar-refractivity contribution in [1.29, 1.82) is 0 Å². The number of unbranched alkanes of at least 4 members (excludes halogenated alkanes) is 11. The molecule has 0 aromatic rings. The van der Waals surface area contributed by atoms with Gasteiger partial charge in [-0.25, -0.2) is 4.89 Å². The van der Waals surface area contributed by atoms with E-state index in [0.29, 0.717) is 6.61 Å². The van der Waals surface area contributed by atoms with E-state index in [9.17, 15) is 5.11 Å². The molecule has 0 saturated carbocycles. The van der Waals surface area contributed by atoms with Gasteiger partial charge in [-0.3, -0.25) is 5.26 Å². The van der Waals surface area contributed by atoms with Crippen LogP contribution in [0.2, 0.25) is 0 Å². The second-order valence-corrected chi connectivity index (χ2v) is 6.31. The Hall–Kier alpha value is -0.120. The summed E-state index contributed by atoms with van der Waals surface area (Å²) in [5.41, 5.74) is 0. The van der Waals surface area contributed by atoms with E-state index in [0.717, 1.165) is 25.7 Å². The van der Waals surface area contributed by atoms with E-state index in [1.165, 1.54) is 70.6 Å². The molecule has 0 aliphatic carbocycles. The Morgan fingerprint density at radius 3 is 1.57 bits per heavy atom. The van der Waals surface area contributed by atoms with Crippen LogP contribution in [0, 0.1) is 0 Å². The molecule has 0 saturated heterocycles. The molecule has 0 fully saturated rings. The highest BCUT2D eigenvalue weighted by atomic mass is 17.1. The van der Waals surface area contributed by atoms with E-state index in [-0.39, 0.29) is 6.10 Å². The van der Waals surface area contributed by atoms with Crippen LogP contribution in [0.3, 0.4) is 0 Å². The number of hydrogen-bond acceptors (Lipinski definition) is 3. The quantitative estimate of drug-likeness (QED) is 0.205. The minimum atomic E-state index is -0.0596. The molecule has 0 spiro atoms. The van der Waals surface area contributed by atoms with Crippen molar-refractivity contribution >= 4 is 0 Å². The van der Waals surface area contributed by atoms with Crippen molar-refractivity contribution in [1.82, 2.24) is 0 Å². The van der Waals surface area contributed by atoms with Crippen LogP contribution in [-0.2, 0) is 4.89 Å². The lowest BCUT2D eigenvalue weighted by Crippen LogP contribution is -2.05. The van der Waals surface area contributed by atoms with Gasteiger partial charge in [0.2, 0.25) is 0 Å². The van der Waals surface area contributed by atoms with Crippen molar-refractivity contribution in [3.63, 3.8) is 0 Å². The fourth-order valence-electron chi connectivity index (χ4n) is 2.74. The summed E-state index contributed by atoms with van der Waals surface area (Å²) in [6.07, 6.45) is 18.0. The van der Waals surface area contributed by atoms with Crippen LogP contribution in [0.25, 0.3) is 0 Å². The number of aliphatic hydroxyl groups excluding tert-OH is 1. The van der Waals surface area contributed by atoms with Crippen LogP contribution in [-0.4, -0.2) is 23.1 Å². The molecule has 0 bridgehead atoms. The highest BCUT2D eigenvalue weighted by Gasteiger charge is 2.03. The molecule has 0 aromatic carbocycles. The first-order valence-corrected chi connectivity index (χ1v) is 9.25. The van der Waals surface area contributed by atoms with Gasteiger partial charge in [0.25, 0.3) is 0 Å². The van der Waals surface area contributed by atoms with Gasteiger partial charge in [0, 0.05) is 0 Å². The molecule has 0 rings (SSSR count). The smallest absolute Gasteiger partial charge is 0.0819 e. The average Bonchev–Trinajstić information content (AvgIpc) is 2.49. The van der Waals surface area contributed by atoms with Crippen molar-refractivity contribution in [2.24, 2.45) is 0 Å². The maximum atomic E-state index is 9.86. The summed E-state index contributed by atoms with van der Waals surface area (Å²) < 4.78 is 0. The molecule has 3 heteroatoms. The molecule has 0 aromatic heterocycles. The van der Waals surface area contributed by atoms with Gasteiger partial charge in [-0.1, -0.05) is 84.0 Å². The maximum Gasteiger partial charge on any atom is 0.0819 e.